The number of anilines is 1. The zero-order valence-electron chi connectivity index (χ0n) is 14.3. The first kappa shape index (κ1) is 16.8. The third-order valence-corrected chi connectivity index (χ3v) is 4.91. The minimum atomic E-state index is -0.225. The van der Waals surface area contributed by atoms with Gasteiger partial charge >= 0.3 is 5.97 Å². The van der Waals surface area contributed by atoms with Crippen LogP contribution in [0.3, 0.4) is 0 Å². The van der Waals surface area contributed by atoms with Crippen LogP contribution < -0.4 is 10.2 Å². The number of hydrogen-bond donors (Lipinski definition) is 1. The lowest BCUT2D eigenvalue weighted by Gasteiger charge is -2.23. The van der Waals surface area contributed by atoms with Crippen LogP contribution in [0.5, 0.6) is 0 Å². The minimum Gasteiger partial charge on any atom is -0.460 e. The first-order valence-corrected chi connectivity index (χ1v) is 8.93. The van der Waals surface area contributed by atoms with Crippen molar-refractivity contribution in [2.24, 2.45) is 0 Å². The number of nitrogens with zero attached hydrogens (tertiary/aromatic N) is 1. The number of cyclic esters (lactones) is 1. The van der Waals surface area contributed by atoms with Gasteiger partial charge in [0.1, 0.15) is 6.10 Å². The van der Waals surface area contributed by atoms with Crippen LogP contribution >= 0.6 is 0 Å². The summed E-state index contributed by atoms with van der Waals surface area (Å²) in [5.41, 5.74) is 2.24. The van der Waals surface area contributed by atoms with Crippen molar-refractivity contribution in [2.75, 3.05) is 24.5 Å². The number of amides is 1. The number of benzene rings is 1. The lowest BCUT2D eigenvalue weighted by atomic mass is 9.95. The Balaban J connectivity index is 1.62. The van der Waals surface area contributed by atoms with Crippen molar-refractivity contribution in [3.63, 3.8) is 0 Å². The molecule has 1 N–H and O–H groups in total. The van der Waals surface area contributed by atoms with E-state index >= 15 is 0 Å². The Morgan fingerprint density at radius 3 is 2.46 bits per heavy atom. The third-order valence-electron chi connectivity index (χ3n) is 4.91. The van der Waals surface area contributed by atoms with E-state index in [9.17, 15) is 9.59 Å². The van der Waals surface area contributed by atoms with Crippen LogP contribution in [0.2, 0.25) is 0 Å². The first-order chi connectivity index (χ1) is 11.6. The van der Waals surface area contributed by atoms with E-state index in [-0.39, 0.29) is 23.9 Å². The SMILES string of the molecule is CC(=O)NCC1CC(c2ccc(N3CCCCCC3)cc2)C(=O)O1. The van der Waals surface area contributed by atoms with Gasteiger partial charge in [-0.05, 0) is 30.5 Å². The molecule has 0 radical (unpaired) electrons. The van der Waals surface area contributed by atoms with Crippen LogP contribution in [-0.2, 0) is 14.3 Å². The van der Waals surface area contributed by atoms with E-state index in [1.807, 2.05) is 12.1 Å². The molecule has 1 aromatic carbocycles. The van der Waals surface area contributed by atoms with Crippen LogP contribution in [0.1, 0.15) is 50.5 Å². The summed E-state index contributed by atoms with van der Waals surface area (Å²) < 4.78 is 5.38. The van der Waals surface area contributed by atoms with Crippen molar-refractivity contribution in [3.05, 3.63) is 29.8 Å². The summed E-state index contributed by atoms with van der Waals surface area (Å²) in [5.74, 6) is -0.508. The Morgan fingerprint density at radius 1 is 1.17 bits per heavy atom. The molecule has 1 amide bonds. The molecular formula is C19H26N2O3. The van der Waals surface area contributed by atoms with E-state index in [2.05, 4.69) is 22.3 Å². The molecular weight excluding hydrogens is 304 g/mol. The molecule has 2 heterocycles. The second kappa shape index (κ2) is 7.69. The number of hydrogen-bond acceptors (Lipinski definition) is 4. The van der Waals surface area contributed by atoms with Gasteiger partial charge in [0.2, 0.25) is 5.91 Å². The van der Waals surface area contributed by atoms with Gasteiger partial charge in [0.05, 0.1) is 12.5 Å². The molecule has 2 fully saturated rings. The smallest absolute Gasteiger partial charge is 0.313 e. The fraction of sp³-hybridized carbons (Fsp3) is 0.579. The summed E-state index contributed by atoms with van der Waals surface area (Å²) in [7, 11) is 0. The molecule has 2 atom stereocenters. The average Bonchev–Trinajstić information content (AvgIpc) is 2.77. The third kappa shape index (κ3) is 4.08. The number of ether oxygens (including phenoxy) is 1. The lowest BCUT2D eigenvalue weighted by Crippen LogP contribution is -2.30. The Labute approximate surface area is 143 Å². The van der Waals surface area contributed by atoms with Crippen LogP contribution in [-0.4, -0.2) is 37.6 Å². The predicted molar refractivity (Wildman–Crippen MR) is 93.0 cm³/mol. The molecule has 3 rings (SSSR count). The molecule has 2 saturated heterocycles. The van der Waals surface area contributed by atoms with Gasteiger partial charge < -0.3 is 15.0 Å². The van der Waals surface area contributed by atoms with Gasteiger partial charge in [-0.3, -0.25) is 9.59 Å². The Bertz CT molecular complexity index is 577. The molecule has 0 aliphatic carbocycles. The van der Waals surface area contributed by atoms with Gasteiger partial charge in [-0.15, -0.1) is 0 Å². The molecule has 2 aliphatic heterocycles. The van der Waals surface area contributed by atoms with E-state index in [0.29, 0.717) is 13.0 Å². The van der Waals surface area contributed by atoms with E-state index in [1.54, 1.807) is 0 Å². The van der Waals surface area contributed by atoms with Gasteiger partial charge in [0.15, 0.2) is 0 Å². The van der Waals surface area contributed by atoms with Gasteiger partial charge in [0, 0.05) is 32.1 Å². The molecule has 0 saturated carbocycles. The van der Waals surface area contributed by atoms with Gasteiger partial charge in [0.25, 0.3) is 0 Å². The summed E-state index contributed by atoms with van der Waals surface area (Å²) >= 11 is 0. The van der Waals surface area contributed by atoms with E-state index in [4.69, 9.17) is 4.74 Å². The van der Waals surface area contributed by atoms with Crippen molar-refractivity contribution < 1.29 is 14.3 Å². The Kier molecular flexibility index (Phi) is 5.38. The van der Waals surface area contributed by atoms with Crippen LogP contribution in [0.4, 0.5) is 5.69 Å². The van der Waals surface area contributed by atoms with Crippen molar-refractivity contribution in [1.82, 2.24) is 5.32 Å². The van der Waals surface area contributed by atoms with Gasteiger partial charge in [-0.2, -0.15) is 0 Å². The van der Waals surface area contributed by atoms with Crippen LogP contribution in [0, 0.1) is 0 Å². The van der Waals surface area contributed by atoms with Gasteiger partial charge in [-0.25, -0.2) is 0 Å². The highest BCUT2D eigenvalue weighted by Gasteiger charge is 2.35. The molecule has 130 valence electrons. The van der Waals surface area contributed by atoms with E-state index < -0.39 is 0 Å². The van der Waals surface area contributed by atoms with E-state index in [1.165, 1.54) is 38.3 Å². The Morgan fingerprint density at radius 2 is 1.83 bits per heavy atom. The maximum Gasteiger partial charge on any atom is 0.313 e. The second-order valence-corrected chi connectivity index (χ2v) is 6.78. The van der Waals surface area contributed by atoms with Crippen molar-refractivity contribution >= 4 is 17.6 Å². The summed E-state index contributed by atoms with van der Waals surface area (Å²) in [6.07, 6.45) is 5.54. The molecule has 1 aromatic rings. The van der Waals surface area contributed by atoms with Crippen molar-refractivity contribution in [2.45, 2.75) is 51.0 Å². The first-order valence-electron chi connectivity index (χ1n) is 8.93. The second-order valence-electron chi connectivity index (χ2n) is 6.78. The highest BCUT2D eigenvalue weighted by molar-refractivity contribution is 5.80. The normalized spacial score (nSPS) is 24.4. The number of carbonyl (C=O) groups is 2. The molecule has 0 spiro atoms. The van der Waals surface area contributed by atoms with Crippen molar-refractivity contribution in [1.29, 1.82) is 0 Å². The zero-order valence-corrected chi connectivity index (χ0v) is 14.3. The average molecular weight is 330 g/mol. The summed E-state index contributed by atoms with van der Waals surface area (Å²) in [5, 5.41) is 2.72. The monoisotopic (exact) mass is 330 g/mol. The minimum absolute atomic E-state index is 0.101. The zero-order chi connectivity index (χ0) is 16.9. The molecule has 5 heteroatoms. The van der Waals surface area contributed by atoms with Crippen LogP contribution in [0.15, 0.2) is 24.3 Å². The molecule has 0 bridgehead atoms. The number of esters is 1. The highest BCUT2D eigenvalue weighted by Crippen LogP contribution is 2.32. The molecule has 5 nitrogen and oxygen atoms in total. The maximum absolute atomic E-state index is 12.1. The fourth-order valence-electron chi connectivity index (χ4n) is 3.55. The topological polar surface area (TPSA) is 58.6 Å². The summed E-state index contributed by atoms with van der Waals surface area (Å²) in [4.78, 5) is 25.5. The highest BCUT2D eigenvalue weighted by atomic mass is 16.6. The fourth-order valence-corrected chi connectivity index (χ4v) is 3.55. The van der Waals surface area contributed by atoms with Crippen LogP contribution in [0.25, 0.3) is 0 Å². The standard InChI is InChI=1S/C19H26N2O3/c1-14(22)20-13-17-12-18(19(23)24-17)15-6-8-16(9-7-15)21-10-4-2-3-5-11-21/h6-9,17-18H,2-5,10-13H2,1H3,(H,20,22). The summed E-state index contributed by atoms with van der Waals surface area (Å²) in [6.45, 7) is 4.09. The summed E-state index contributed by atoms with van der Waals surface area (Å²) in [6, 6.07) is 8.34. The number of nitrogens with one attached hydrogen (secondary N) is 1. The largest absolute Gasteiger partial charge is 0.460 e. The predicted octanol–water partition coefficient (Wildman–Crippen LogP) is 2.60. The molecule has 24 heavy (non-hydrogen) atoms. The lowest BCUT2D eigenvalue weighted by molar-refractivity contribution is -0.142. The van der Waals surface area contributed by atoms with Gasteiger partial charge in [-0.1, -0.05) is 25.0 Å². The molecule has 2 unspecified atom stereocenters. The maximum atomic E-state index is 12.1. The van der Waals surface area contributed by atoms with Crippen molar-refractivity contribution in [3.8, 4) is 0 Å². The van der Waals surface area contributed by atoms with E-state index in [0.717, 1.165) is 18.7 Å². The molecule has 2 aliphatic rings. The molecule has 0 aromatic heterocycles. The number of rotatable bonds is 4. The quantitative estimate of drug-likeness (QED) is 0.862. The Hall–Kier alpha value is -2.04. The number of carbonyl (C=O) groups excluding carboxylic acids is 2.